The molecule has 1 aromatic carbocycles. The fourth-order valence-electron chi connectivity index (χ4n) is 4.00. The van der Waals surface area contributed by atoms with Gasteiger partial charge >= 0.3 is 7.52 Å². The van der Waals surface area contributed by atoms with E-state index in [0.29, 0.717) is 29.6 Å². The fraction of sp³-hybridized carbons (Fsp3) is 0.435. The van der Waals surface area contributed by atoms with E-state index in [4.69, 9.17) is 10.3 Å². The van der Waals surface area contributed by atoms with Crippen molar-refractivity contribution in [2.75, 3.05) is 24.2 Å². The van der Waals surface area contributed by atoms with Gasteiger partial charge in [0.15, 0.2) is 5.84 Å². The minimum Gasteiger partial charge on any atom is -0.509 e. The van der Waals surface area contributed by atoms with Crippen LogP contribution in [0.2, 0.25) is 0 Å². The minimum absolute atomic E-state index is 0.00597. The van der Waals surface area contributed by atoms with Crippen LogP contribution in [0.5, 0.6) is 0 Å². The zero-order valence-electron chi connectivity index (χ0n) is 19.7. The maximum atomic E-state index is 13.7. The first kappa shape index (κ1) is 24.4. The number of thiazole rings is 1. The molecule has 4 rings (SSSR count). The summed E-state index contributed by atoms with van der Waals surface area (Å²) in [6, 6.07) is 4.31. The number of aromatic nitrogens is 1. The van der Waals surface area contributed by atoms with Gasteiger partial charge in [0.25, 0.3) is 5.91 Å². The number of carbonyl (C=O) groups excluding carboxylic acids is 1. The number of amidine groups is 1. The Morgan fingerprint density at radius 3 is 2.76 bits per heavy atom. The van der Waals surface area contributed by atoms with E-state index in [-0.39, 0.29) is 35.1 Å². The third-order valence-electron chi connectivity index (χ3n) is 5.76. The molecule has 11 heteroatoms. The highest BCUT2D eigenvalue weighted by atomic mass is 32.1. The first-order valence-corrected chi connectivity index (χ1v) is 13.7. The third kappa shape index (κ3) is 4.76. The maximum Gasteiger partial charge on any atom is 0.348 e. The molecule has 2 aliphatic heterocycles. The normalized spacial score (nSPS) is 22.6. The number of anilines is 2. The van der Waals surface area contributed by atoms with Gasteiger partial charge in [-0.25, -0.2) is 4.98 Å². The quantitative estimate of drug-likeness (QED) is 0.383. The molecular weight excluding hydrogens is 473 g/mol. The summed E-state index contributed by atoms with van der Waals surface area (Å²) in [5.41, 5.74) is 9.32. The number of aliphatic hydroxyl groups is 1. The Bertz CT molecular complexity index is 1200. The third-order valence-corrected chi connectivity index (χ3v) is 8.45. The lowest BCUT2D eigenvalue weighted by atomic mass is 9.92. The Morgan fingerprint density at radius 1 is 1.35 bits per heavy atom. The highest BCUT2D eigenvalue weighted by Gasteiger charge is 2.45. The van der Waals surface area contributed by atoms with Crippen molar-refractivity contribution in [3.8, 4) is 0 Å². The van der Waals surface area contributed by atoms with E-state index in [1.54, 1.807) is 35.5 Å². The second-order valence-electron chi connectivity index (χ2n) is 9.56. The number of benzene rings is 1. The van der Waals surface area contributed by atoms with Crippen molar-refractivity contribution in [1.82, 2.24) is 9.88 Å². The molecule has 2 aromatic rings. The maximum absolute atomic E-state index is 13.7. The Hall–Kier alpha value is -2.68. The van der Waals surface area contributed by atoms with Gasteiger partial charge in [0, 0.05) is 24.0 Å². The second-order valence-corrected chi connectivity index (χ2v) is 12.3. The number of hydrogen-bond donors (Lipinski definition) is 3. The molecule has 0 aliphatic carbocycles. The number of aliphatic hydroxyl groups excluding tert-OH is 1. The molecule has 3 heterocycles. The van der Waals surface area contributed by atoms with E-state index in [0.717, 1.165) is 12.1 Å². The molecule has 182 valence electrons. The van der Waals surface area contributed by atoms with Gasteiger partial charge in [0.05, 0.1) is 34.8 Å². The van der Waals surface area contributed by atoms with Crippen molar-refractivity contribution in [2.24, 2.45) is 10.2 Å². The van der Waals surface area contributed by atoms with E-state index < -0.39 is 13.6 Å². The highest BCUT2D eigenvalue weighted by molar-refractivity contribution is 7.66. The lowest BCUT2D eigenvalue weighted by molar-refractivity contribution is -0.127. The van der Waals surface area contributed by atoms with Crippen LogP contribution in [-0.4, -0.2) is 45.9 Å². The van der Waals surface area contributed by atoms with E-state index in [9.17, 15) is 14.5 Å². The predicted octanol–water partition coefficient (Wildman–Crippen LogP) is 4.11. The summed E-state index contributed by atoms with van der Waals surface area (Å²) < 4.78 is 23.6. The molecule has 1 aromatic heterocycles. The van der Waals surface area contributed by atoms with E-state index in [1.165, 1.54) is 11.3 Å². The van der Waals surface area contributed by atoms with Gasteiger partial charge < -0.3 is 25.6 Å². The number of rotatable bonds is 7. The Morgan fingerprint density at radius 2 is 2.12 bits per heavy atom. The van der Waals surface area contributed by atoms with Crippen LogP contribution in [0.3, 0.4) is 0 Å². The first-order valence-electron chi connectivity index (χ1n) is 11.2. The molecule has 0 spiro atoms. The van der Waals surface area contributed by atoms with Crippen LogP contribution in [0, 0.1) is 5.41 Å². The van der Waals surface area contributed by atoms with Gasteiger partial charge in [-0.05, 0) is 37.0 Å². The lowest BCUT2D eigenvalue weighted by Gasteiger charge is -2.29. The molecule has 0 fully saturated rings. The van der Waals surface area contributed by atoms with Crippen LogP contribution in [0.1, 0.15) is 39.8 Å². The van der Waals surface area contributed by atoms with Crippen LogP contribution in [0.4, 0.5) is 11.4 Å². The standard InChI is InChI=1S/C23H30N5O4PS/c1-5-32-33(31)18-10-14(24)6-7-16(18)26-21(27-33)19-20(29)17(11-15-12-34-13-25-15)28(22(19)30)9-8-23(2,3)4/h6-7,10,12-13,17,29H,5,8-9,11,24H2,1-4H3,(H,26,27,31). The number of fused-ring (bicyclic) bond motifs is 1. The molecule has 2 aliphatic rings. The number of nitrogens with zero attached hydrogens (tertiary/aromatic N) is 3. The van der Waals surface area contributed by atoms with Gasteiger partial charge in [0.2, 0.25) is 0 Å². The number of hydrogen-bond acceptors (Lipinski definition) is 8. The Labute approximate surface area is 203 Å². The monoisotopic (exact) mass is 503 g/mol. The molecule has 0 saturated carbocycles. The van der Waals surface area contributed by atoms with Crippen LogP contribution >= 0.6 is 18.9 Å². The van der Waals surface area contributed by atoms with Crippen LogP contribution in [0.25, 0.3) is 0 Å². The lowest BCUT2D eigenvalue weighted by Crippen LogP contribution is -2.40. The molecule has 1 amide bonds. The van der Waals surface area contributed by atoms with Gasteiger partial charge in [-0.3, -0.25) is 9.36 Å². The van der Waals surface area contributed by atoms with Crippen molar-refractivity contribution < 1.29 is 19.0 Å². The summed E-state index contributed by atoms with van der Waals surface area (Å²) in [4.78, 5) is 19.6. The number of amides is 1. The summed E-state index contributed by atoms with van der Waals surface area (Å²) in [6.45, 7) is 8.64. The Kier molecular flexibility index (Phi) is 6.59. The molecule has 9 nitrogen and oxygen atoms in total. The minimum atomic E-state index is -3.71. The molecule has 2 unspecified atom stereocenters. The number of nitrogens with one attached hydrogen (secondary N) is 1. The van der Waals surface area contributed by atoms with E-state index in [1.807, 2.05) is 5.38 Å². The zero-order valence-corrected chi connectivity index (χ0v) is 21.4. The average molecular weight is 504 g/mol. The second kappa shape index (κ2) is 9.17. The summed E-state index contributed by atoms with van der Waals surface area (Å²) >= 11 is 1.46. The van der Waals surface area contributed by atoms with E-state index in [2.05, 4.69) is 35.8 Å². The van der Waals surface area contributed by atoms with Gasteiger partial charge in [-0.15, -0.1) is 11.3 Å². The largest absolute Gasteiger partial charge is 0.509 e. The molecule has 0 bridgehead atoms. The highest BCUT2D eigenvalue weighted by Crippen LogP contribution is 2.52. The zero-order chi connectivity index (χ0) is 24.7. The molecule has 34 heavy (non-hydrogen) atoms. The average Bonchev–Trinajstić information content (AvgIpc) is 3.34. The summed E-state index contributed by atoms with van der Waals surface area (Å²) in [5.74, 6) is -0.437. The van der Waals surface area contributed by atoms with Gasteiger partial charge in [-0.1, -0.05) is 20.8 Å². The molecule has 0 saturated heterocycles. The van der Waals surface area contributed by atoms with E-state index >= 15 is 0 Å². The van der Waals surface area contributed by atoms with Crippen LogP contribution in [-0.2, 0) is 20.3 Å². The molecular formula is C23H30N5O4PS. The van der Waals surface area contributed by atoms with Gasteiger partial charge in [0.1, 0.15) is 11.3 Å². The van der Waals surface area contributed by atoms with Gasteiger partial charge in [-0.2, -0.15) is 4.76 Å². The smallest absolute Gasteiger partial charge is 0.348 e. The summed E-state index contributed by atoms with van der Waals surface area (Å²) in [5, 5.41) is 16.6. The molecule has 4 N–H and O–H groups in total. The van der Waals surface area contributed by atoms with Crippen molar-refractivity contribution >= 4 is 47.3 Å². The van der Waals surface area contributed by atoms with Crippen molar-refractivity contribution in [2.45, 2.75) is 46.6 Å². The first-order chi connectivity index (χ1) is 16.0. The van der Waals surface area contributed by atoms with Crippen molar-refractivity contribution in [1.29, 1.82) is 0 Å². The predicted molar refractivity (Wildman–Crippen MR) is 136 cm³/mol. The van der Waals surface area contributed by atoms with Crippen LogP contribution in [0.15, 0.2) is 45.2 Å². The van der Waals surface area contributed by atoms with Crippen LogP contribution < -0.4 is 16.4 Å². The molecule has 0 radical (unpaired) electrons. The Balaban J connectivity index is 1.76. The number of nitrogen functional groups attached to an aromatic ring is 1. The number of nitrogens with two attached hydrogens (primary N) is 1. The summed E-state index contributed by atoms with van der Waals surface area (Å²) in [7, 11) is -3.71. The molecule has 2 atom stereocenters. The van der Waals surface area contributed by atoms with Crippen molar-refractivity contribution in [3.05, 3.63) is 46.1 Å². The van der Waals surface area contributed by atoms with Crippen molar-refractivity contribution in [3.63, 3.8) is 0 Å². The topological polar surface area (TPSA) is 130 Å². The SMILES string of the molecule is CCOP1(=O)N=C(C2=C(O)C(Cc3cscn3)N(CCC(C)(C)C)C2=O)Nc2ccc(N)cc21. The fourth-order valence-corrected chi connectivity index (χ4v) is 6.39. The summed E-state index contributed by atoms with van der Waals surface area (Å²) in [6.07, 6.45) is 1.12. The number of carbonyl (C=O) groups is 1.